The lowest BCUT2D eigenvalue weighted by Crippen LogP contribution is -2.27. The van der Waals surface area contributed by atoms with Gasteiger partial charge in [0.05, 0.1) is 17.1 Å². The van der Waals surface area contributed by atoms with E-state index >= 15 is 0 Å². The maximum atomic E-state index is 11.9. The summed E-state index contributed by atoms with van der Waals surface area (Å²) < 4.78 is 0. The van der Waals surface area contributed by atoms with Crippen molar-refractivity contribution in [3.05, 3.63) is 28.8 Å². The second-order valence-corrected chi connectivity index (χ2v) is 4.96. The van der Waals surface area contributed by atoms with Crippen molar-refractivity contribution in [2.75, 3.05) is 18.4 Å². The fourth-order valence-electron chi connectivity index (χ4n) is 1.38. The van der Waals surface area contributed by atoms with Crippen LogP contribution in [0.1, 0.15) is 24.2 Å². The van der Waals surface area contributed by atoms with E-state index in [1.807, 2.05) is 13.8 Å². The lowest BCUT2D eigenvalue weighted by atomic mass is 10.1. The first-order valence-corrected chi connectivity index (χ1v) is 6.39. The average molecular weight is 320 g/mol. The summed E-state index contributed by atoms with van der Waals surface area (Å²) >= 11 is 6.02. The van der Waals surface area contributed by atoms with Gasteiger partial charge in [-0.25, -0.2) is 0 Å². The minimum atomic E-state index is -0.312. The maximum Gasteiger partial charge on any atom is 0.252 e. The molecule has 4 N–H and O–H groups in total. The van der Waals surface area contributed by atoms with Crippen LogP contribution in [0.2, 0.25) is 5.02 Å². The van der Waals surface area contributed by atoms with Crippen LogP contribution in [0.15, 0.2) is 18.2 Å². The smallest absolute Gasteiger partial charge is 0.252 e. The predicted octanol–water partition coefficient (Wildman–Crippen LogP) is 2.04. The summed E-state index contributed by atoms with van der Waals surface area (Å²) in [4.78, 5) is 23.0. The molecule has 0 aromatic heterocycles. The molecule has 0 saturated heterocycles. The Kier molecular flexibility index (Phi) is 8.22. The Bertz CT molecular complexity index is 479. The molecule has 2 amide bonds. The normalized spacial score (nSPS) is 9.85. The minimum absolute atomic E-state index is 0. The number of anilines is 1. The number of halogens is 2. The van der Waals surface area contributed by atoms with Gasteiger partial charge in [0.25, 0.3) is 5.91 Å². The van der Waals surface area contributed by atoms with Crippen LogP contribution < -0.4 is 16.4 Å². The molecule has 0 unspecified atom stereocenters. The van der Waals surface area contributed by atoms with Gasteiger partial charge in [0, 0.05) is 12.2 Å². The number of amides is 2. The second kappa shape index (κ2) is 8.79. The molecule has 0 radical (unpaired) electrons. The van der Waals surface area contributed by atoms with Crippen LogP contribution in [0.3, 0.4) is 0 Å². The van der Waals surface area contributed by atoms with E-state index in [1.165, 1.54) is 6.07 Å². The standard InChI is InChI=1S/C13H18ClN3O2.ClH/c1-8(2)7-16-13(19)10-4-3-9(5-11(10)14)17-12(18)6-15;/h3-5,8H,6-7,15H2,1-2H3,(H,16,19)(H,17,18);1H. The molecule has 1 aromatic rings. The molecule has 1 rings (SSSR count). The van der Waals surface area contributed by atoms with Crippen LogP contribution in [0.5, 0.6) is 0 Å². The third kappa shape index (κ3) is 5.77. The summed E-state index contributed by atoms with van der Waals surface area (Å²) in [6, 6.07) is 4.72. The number of hydrogen-bond donors (Lipinski definition) is 3. The van der Waals surface area contributed by atoms with Crippen molar-refractivity contribution >= 4 is 41.5 Å². The van der Waals surface area contributed by atoms with E-state index in [0.717, 1.165) is 0 Å². The summed E-state index contributed by atoms with van der Waals surface area (Å²) in [5, 5.41) is 5.64. The zero-order valence-electron chi connectivity index (χ0n) is 11.4. The largest absolute Gasteiger partial charge is 0.352 e. The van der Waals surface area contributed by atoms with Gasteiger partial charge in [-0.2, -0.15) is 0 Å². The quantitative estimate of drug-likeness (QED) is 0.776. The Labute approximate surface area is 129 Å². The van der Waals surface area contributed by atoms with Crippen LogP contribution in [0.4, 0.5) is 5.69 Å². The molecule has 0 spiro atoms. The highest BCUT2D eigenvalue weighted by atomic mass is 35.5. The first-order valence-electron chi connectivity index (χ1n) is 6.01. The minimum Gasteiger partial charge on any atom is -0.352 e. The van der Waals surface area contributed by atoms with E-state index in [9.17, 15) is 9.59 Å². The van der Waals surface area contributed by atoms with Crippen molar-refractivity contribution in [3.8, 4) is 0 Å². The third-order valence-corrected chi connectivity index (χ3v) is 2.67. The highest BCUT2D eigenvalue weighted by molar-refractivity contribution is 6.34. The molecule has 7 heteroatoms. The SMILES string of the molecule is CC(C)CNC(=O)c1ccc(NC(=O)CN)cc1Cl.Cl. The summed E-state index contributed by atoms with van der Waals surface area (Å²) in [6.07, 6.45) is 0. The van der Waals surface area contributed by atoms with Gasteiger partial charge < -0.3 is 16.4 Å². The summed E-state index contributed by atoms with van der Waals surface area (Å²) in [6.45, 7) is 4.50. The van der Waals surface area contributed by atoms with Crippen LogP contribution in [0, 0.1) is 5.92 Å². The maximum absolute atomic E-state index is 11.9. The van der Waals surface area contributed by atoms with Crippen molar-refractivity contribution in [3.63, 3.8) is 0 Å². The van der Waals surface area contributed by atoms with Gasteiger partial charge in [-0.1, -0.05) is 25.4 Å². The first kappa shape index (κ1) is 18.7. The van der Waals surface area contributed by atoms with Gasteiger partial charge in [0.2, 0.25) is 5.91 Å². The van der Waals surface area contributed by atoms with Crippen molar-refractivity contribution in [2.45, 2.75) is 13.8 Å². The highest BCUT2D eigenvalue weighted by Gasteiger charge is 2.11. The molecule has 0 bridgehead atoms. The lowest BCUT2D eigenvalue weighted by molar-refractivity contribution is -0.114. The fourth-order valence-corrected chi connectivity index (χ4v) is 1.65. The second-order valence-electron chi connectivity index (χ2n) is 4.55. The zero-order valence-corrected chi connectivity index (χ0v) is 13.0. The molecule has 0 aliphatic heterocycles. The molecule has 0 aliphatic carbocycles. The average Bonchev–Trinajstić information content (AvgIpc) is 2.35. The van der Waals surface area contributed by atoms with E-state index in [4.69, 9.17) is 17.3 Å². The molecule has 0 heterocycles. The molecule has 1 aromatic carbocycles. The molecular weight excluding hydrogens is 301 g/mol. The summed E-state index contributed by atoms with van der Waals surface area (Å²) in [5.41, 5.74) is 6.09. The van der Waals surface area contributed by atoms with E-state index in [0.29, 0.717) is 23.7 Å². The van der Waals surface area contributed by atoms with Gasteiger partial charge in [-0.05, 0) is 24.1 Å². The first-order chi connectivity index (χ1) is 8.93. The summed E-state index contributed by atoms with van der Waals surface area (Å²) in [5.74, 6) is -0.172. The molecule has 0 aliphatic rings. The van der Waals surface area contributed by atoms with E-state index in [-0.39, 0.29) is 35.8 Å². The predicted molar refractivity (Wildman–Crippen MR) is 83.6 cm³/mol. The van der Waals surface area contributed by atoms with Crippen LogP contribution >= 0.6 is 24.0 Å². The molecule has 0 fully saturated rings. The molecule has 0 atom stereocenters. The van der Waals surface area contributed by atoms with Crippen LogP contribution in [0.25, 0.3) is 0 Å². The van der Waals surface area contributed by atoms with Crippen molar-refractivity contribution in [1.29, 1.82) is 0 Å². The van der Waals surface area contributed by atoms with Gasteiger partial charge in [-0.15, -0.1) is 12.4 Å². The lowest BCUT2D eigenvalue weighted by Gasteiger charge is -2.10. The Morgan fingerprint density at radius 1 is 1.35 bits per heavy atom. The monoisotopic (exact) mass is 319 g/mol. The molecule has 20 heavy (non-hydrogen) atoms. The van der Waals surface area contributed by atoms with Gasteiger partial charge in [-0.3, -0.25) is 9.59 Å². The number of rotatable bonds is 5. The van der Waals surface area contributed by atoms with E-state index in [1.54, 1.807) is 12.1 Å². The number of carbonyl (C=O) groups is 2. The van der Waals surface area contributed by atoms with Crippen molar-refractivity contribution in [2.24, 2.45) is 11.7 Å². The van der Waals surface area contributed by atoms with E-state index in [2.05, 4.69) is 10.6 Å². The van der Waals surface area contributed by atoms with Crippen molar-refractivity contribution in [1.82, 2.24) is 5.32 Å². The Morgan fingerprint density at radius 3 is 2.50 bits per heavy atom. The van der Waals surface area contributed by atoms with Gasteiger partial charge >= 0.3 is 0 Å². The van der Waals surface area contributed by atoms with Crippen molar-refractivity contribution < 1.29 is 9.59 Å². The van der Waals surface area contributed by atoms with Gasteiger partial charge in [0.1, 0.15) is 0 Å². The zero-order chi connectivity index (χ0) is 14.4. The molecule has 112 valence electrons. The topological polar surface area (TPSA) is 84.2 Å². The van der Waals surface area contributed by atoms with Gasteiger partial charge in [0.15, 0.2) is 0 Å². The number of carbonyl (C=O) groups excluding carboxylic acids is 2. The Hall–Kier alpha value is -1.30. The van der Waals surface area contributed by atoms with Crippen LogP contribution in [-0.4, -0.2) is 24.9 Å². The molecule has 0 saturated carbocycles. The number of hydrogen-bond acceptors (Lipinski definition) is 3. The molecule has 5 nitrogen and oxygen atoms in total. The number of nitrogens with one attached hydrogen (secondary N) is 2. The highest BCUT2D eigenvalue weighted by Crippen LogP contribution is 2.21. The number of nitrogens with two attached hydrogens (primary N) is 1. The Balaban J connectivity index is 0.00000361. The van der Waals surface area contributed by atoms with Crippen LogP contribution in [-0.2, 0) is 4.79 Å². The Morgan fingerprint density at radius 2 is 2.00 bits per heavy atom. The third-order valence-electron chi connectivity index (χ3n) is 2.35. The van der Waals surface area contributed by atoms with E-state index < -0.39 is 0 Å². The molecular formula is C13H19Cl2N3O2. The fraction of sp³-hybridized carbons (Fsp3) is 0.385. The summed E-state index contributed by atoms with van der Waals surface area (Å²) in [7, 11) is 0. The number of benzene rings is 1.